The summed E-state index contributed by atoms with van der Waals surface area (Å²) >= 11 is 0. The van der Waals surface area contributed by atoms with E-state index < -0.39 is 67.3 Å². The molecular weight excluding hydrogens is 949 g/mol. The summed E-state index contributed by atoms with van der Waals surface area (Å²) < 4.78 is 28.3. The smallest absolute Gasteiger partial charge is 0.335 e. The maximum Gasteiger partial charge on any atom is 0.335 e. The van der Waals surface area contributed by atoms with Crippen molar-refractivity contribution < 1.29 is 58.2 Å². The number of rotatable bonds is 50. The number of hydrogen-bond acceptors (Lipinski definition) is 11. The maximum atomic E-state index is 13.1. The summed E-state index contributed by atoms with van der Waals surface area (Å²) in [5.74, 6) is -3.23. The molecule has 12 nitrogen and oxygen atoms in total. The third-order valence-corrected chi connectivity index (χ3v) is 13.3. The Balaban J connectivity index is 2.71. The first-order chi connectivity index (χ1) is 36.6. The molecule has 0 aromatic heterocycles. The van der Waals surface area contributed by atoms with Crippen molar-refractivity contribution in [3.63, 3.8) is 0 Å². The molecular formula is C63H106O12. The minimum absolute atomic E-state index is 0.0408. The first kappa shape index (κ1) is 69.2. The molecule has 0 aromatic rings. The van der Waals surface area contributed by atoms with Gasteiger partial charge in [-0.05, 0) is 77.0 Å². The zero-order chi connectivity index (χ0) is 54.7. The summed E-state index contributed by atoms with van der Waals surface area (Å²) in [5, 5.41) is 31.5. The van der Waals surface area contributed by atoms with E-state index in [9.17, 15) is 34.5 Å². The number of carbonyl (C=O) groups excluding carboxylic acids is 3. The topological polar surface area (TPSA) is 175 Å². The average Bonchev–Trinajstić information content (AvgIpc) is 3.39. The molecule has 430 valence electrons. The molecule has 0 aliphatic carbocycles. The van der Waals surface area contributed by atoms with Gasteiger partial charge in [0.15, 0.2) is 24.6 Å². The van der Waals surface area contributed by atoms with Crippen molar-refractivity contribution in [2.45, 2.75) is 289 Å². The van der Waals surface area contributed by atoms with Crippen molar-refractivity contribution in [2.24, 2.45) is 0 Å². The van der Waals surface area contributed by atoms with E-state index in [-0.39, 0.29) is 25.9 Å². The molecule has 0 amide bonds. The van der Waals surface area contributed by atoms with E-state index in [2.05, 4.69) is 81.5 Å². The number of esters is 3. The van der Waals surface area contributed by atoms with Crippen LogP contribution in [0.25, 0.3) is 0 Å². The van der Waals surface area contributed by atoms with E-state index in [1.165, 1.54) is 89.9 Å². The van der Waals surface area contributed by atoms with E-state index in [1.54, 1.807) is 0 Å². The maximum absolute atomic E-state index is 13.1. The summed E-state index contributed by atoms with van der Waals surface area (Å²) in [6.45, 7) is 5.80. The number of carbonyl (C=O) groups is 4. The first-order valence-corrected chi connectivity index (χ1v) is 29.9. The van der Waals surface area contributed by atoms with Gasteiger partial charge in [0.05, 0.1) is 6.61 Å². The summed E-state index contributed by atoms with van der Waals surface area (Å²) in [6.07, 6.45) is 51.7. The minimum Gasteiger partial charge on any atom is -0.479 e. The van der Waals surface area contributed by atoms with Gasteiger partial charge in [0, 0.05) is 19.3 Å². The molecule has 0 spiro atoms. The van der Waals surface area contributed by atoms with Gasteiger partial charge >= 0.3 is 23.9 Å². The number of unbranched alkanes of at least 4 members (excludes halogenated alkanes) is 24. The Morgan fingerprint density at radius 2 is 0.867 bits per heavy atom. The fraction of sp³-hybridized carbons (Fsp3) is 0.746. The van der Waals surface area contributed by atoms with E-state index in [0.29, 0.717) is 25.7 Å². The van der Waals surface area contributed by atoms with Gasteiger partial charge in [-0.15, -0.1) is 0 Å². The molecule has 1 aliphatic heterocycles. The second-order valence-corrected chi connectivity index (χ2v) is 20.3. The molecule has 1 heterocycles. The Morgan fingerprint density at radius 3 is 1.36 bits per heavy atom. The van der Waals surface area contributed by atoms with E-state index in [4.69, 9.17) is 23.7 Å². The van der Waals surface area contributed by atoms with Crippen LogP contribution in [0, 0.1) is 0 Å². The number of hydrogen-bond donors (Lipinski definition) is 3. The molecule has 0 bridgehead atoms. The van der Waals surface area contributed by atoms with Crippen molar-refractivity contribution in [3.05, 3.63) is 72.9 Å². The Hall–Kier alpha value is -3.84. The summed E-state index contributed by atoms with van der Waals surface area (Å²) in [5.41, 5.74) is 0. The highest BCUT2D eigenvalue weighted by atomic mass is 16.7. The van der Waals surface area contributed by atoms with Gasteiger partial charge in [0.2, 0.25) is 0 Å². The van der Waals surface area contributed by atoms with Crippen LogP contribution in [-0.4, -0.2) is 89.2 Å². The van der Waals surface area contributed by atoms with Crippen LogP contribution >= 0.6 is 0 Å². The number of ether oxygens (including phenoxy) is 5. The molecule has 0 radical (unpaired) electrons. The number of carboxylic acids is 1. The lowest BCUT2D eigenvalue weighted by Gasteiger charge is -2.40. The van der Waals surface area contributed by atoms with Gasteiger partial charge < -0.3 is 39.0 Å². The van der Waals surface area contributed by atoms with Crippen molar-refractivity contribution in [1.29, 1.82) is 0 Å². The quantitative estimate of drug-likeness (QED) is 0.0228. The number of carboxylic acid groups (broad SMARTS) is 1. The Bertz CT molecular complexity index is 1580. The predicted octanol–water partition coefficient (Wildman–Crippen LogP) is 15.3. The molecule has 1 aliphatic rings. The van der Waals surface area contributed by atoms with Crippen LogP contribution in [0.15, 0.2) is 72.9 Å². The normalized spacial score (nSPS) is 18.7. The second-order valence-electron chi connectivity index (χ2n) is 20.3. The van der Waals surface area contributed by atoms with E-state index in [0.717, 1.165) is 96.3 Å². The van der Waals surface area contributed by atoms with Gasteiger partial charge in [0.1, 0.15) is 18.8 Å². The first-order valence-electron chi connectivity index (χ1n) is 29.9. The van der Waals surface area contributed by atoms with Crippen LogP contribution in [0.1, 0.15) is 252 Å². The van der Waals surface area contributed by atoms with Gasteiger partial charge in [-0.1, -0.05) is 229 Å². The SMILES string of the molecule is CC/C=C\C/C=C\C/C=C\C/C=C\CCC(=O)OC(COC(=O)CCCCCCCCCCCCCCCCC)COC1OC(C(=O)O)C(O)C(O)C1OC(=O)CCCCCCCCC/C=C\C/C=C\CCCCC. The van der Waals surface area contributed by atoms with Crippen LogP contribution in [-0.2, 0) is 42.9 Å². The molecule has 3 N–H and O–H groups in total. The number of allylic oxidation sites excluding steroid dienone is 12. The lowest BCUT2D eigenvalue weighted by atomic mass is 9.98. The van der Waals surface area contributed by atoms with Crippen LogP contribution in [0.2, 0.25) is 0 Å². The highest BCUT2D eigenvalue weighted by molar-refractivity contribution is 5.74. The second kappa shape index (κ2) is 50.9. The third-order valence-electron chi connectivity index (χ3n) is 13.3. The standard InChI is InChI=1S/C63H106O12/c1-4-7-10-13-16-19-22-25-27-28-30-33-36-39-42-45-48-51-57(66)74-61-59(68)58(67)60(62(69)70)75-63(61)72-53-54(73-56(65)50-47-44-41-38-35-31-24-21-18-15-12-9-6-3)52-71-55(64)49-46-43-40-37-34-32-29-26-23-20-17-14-11-8-5-2/h9,12,16,18-19,21,25,27,31,35,41,44,54,58-61,63,67-68H,4-8,10-11,13-15,17,20,22-24,26,28-30,32-34,36-40,42-43,45-53H2,1-3H3,(H,69,70)/b12-9-,19-16-,21-18-,27-25-,35-31-,44-41-. The lowest BCUT2D eigenvalue weighted by molar-refractivity contribution is -0.301. The molecule has 1 saturated heterocycles. The molecule has 0 aromatic carbocycles. The average molecular weight is 1060 g/mol. The largest absolute Gasteiger partial charge is 0.479 e. The zero-order valence-electron chi connectivity index (χ0n) is 47.3. The van der Waals surface area contributed by atoms with Crippen molar-refractivity contribution in [1.82, 2.24) is 0 Å². The summed E-state index contributed by atoms with van der Waals surface area (Å²) in [7, 11) is 0. The summed E-state index contributed by atoms with van der Waals surface area (Å²) in [6, 6.07) is 0. The molecule has 6 atom stereocenters. The molecule has 1 rings (SSSR count). The number of aliphatic hydroxyl groups excluding tert-OH is 2. The van der Waals surface area contributed by atoms with Gasteiger partial charge in [-0.25, -0.2) is 4.79 Å². The Kier molecular flexibility index (Phi) is 47.0. The molecule has 6 unspecified atom stereocenters. The van der Waals surface area contributed by atoms with Crippen molar-refractivity contribution in [2.75, 3.05) is 13.2 Å². The van der Waals surface area contributed by atoms with E-state index >= 15 is 0 Å². The van der Waals surface area contributed by atoms with Gasteiger partial charge in [0.25, 0.3) is 0 Å². The molecule has 75 heavy (non-hydrogen) atoms. The van der Waals surface area contributed by atoms with Crippen LogP contribution in [0.5, 0.6) is 0 Å². The highest BCUT2D eigenvalue weighted by Crippen LogP contribution is 2.26. The van der Waals surface area contributed by atoms with E-state index in [1.807, 2.05) is 12.2 Å². The van der Waals surface area contributed by atoms with Crippen molar-refractivity contribution in [3.8, 4) is 0 Å². The van der Waals surface area contributed by atoms with Gasteiger partial charge in [-0.3, -0.25) is 14.4 Å². The van der Waals surface area contributed by atoms with Crippen LogP contribution in [0.4, 0.5) is 0 Å². The fourth-order valence-corrected chi connectivity index (χ4v) is 8.71. The Morgan fingerprint density at radius 1 is 0.453 bits per heavy atom. The molecule has 12 heteroatoms. The molecule has 0 saturated carbocycles. The lowest BCUT2D eigenvalue weighted by Crippen LogP contribution is -2.61. The Labute approximate surface area is 455 Å². The minimum atomic E-state index is -1.92. The third kappa shape index (κ3) is 41.0. The van der Waals surface area contributed by atoms with Crippen LogP contribution in [0.3, 0.4) is 0 Å². The predicted molar refractivity (Wildman–Crippen MR) is 303 cm³/mol. The fourth-order valence-electron chi connectivity index (χ4n) is 8.71. The van der Waals surface area contributed by atoms with Crippen LogP contribution < -0.4 is 0 Å². The highest BCUT2D eigenvalue weighted by Gasteiger charge is 2.50. The monoisotopic (exact) mass is 1050 g/mol. The molecule has 1 fully saturated rings. The van der Waals surface area contributed by atoms with Gasteiger partial charge in [-0.2, -0.15) is 0 Å². The van der Waals surface area contributed by atoms with Crippen molar-refractivity contribution >= 4 is 23.9 Å². The number of aliphatic carboxylic acids is 1. The zero-order valence-corrected chi connectivity index (χ0v) is 47.3. The number of aliphatic hydroxyl groups is 2. The summed E-state index contributed by atoms with van der Waals surface area (Å²) in [4.78, 5) is 51.1.